The zero-order valence-electron chi connectivity index (χ0n) is 19.4. The fourth-order valence-corrected chi connectivity index (χ4v) is 5.62. The number of hydrogen-bond acceptors (Lipinski definition) is 7. The number of anilines is 1. The summed E-state index contributed by atoms with van der Waals surface area (Å²) in [5.41, 5.74) is 1.74. The van der Waals surface area contributed by atoms with E-state index in [-0.39, 0.29) is 11.3 Å². The quantitative estimate of drug-likeness (QED) is 0.173. The molecule has 2 heterocycles. The number of carbonyl (C=O) groups is 2. The second kappa shape index (κ2) is 9.75. The molecule has 4 aromatic rings. The number of ether oxygens (including phenoxy) is 2. The molecule has 7 nitrogen and oxygen atoms in total. The number of aromatic nitrogens is 1. The van der Waals surface area contributed by atoms with Crippen LogP contribution in [0.15, 0.2) is 76.8 Å². The largest absolute Gasteiger partial charge is 0.507 e. The van der Waals surface area contributed by atoms with Gasteiger partial charge in [-0.1, -0.05) is 39.4 Å². The van der Waals surface area contributed by atoms with Crippen molar-refractivity contribution in [3.8, 4) is 11.5 Å². The van der Waals surface area contributed by atoms with E-state index in [1.165, 1.54) is 16.2 Å². The van der Waals surface area contributed by atoms with Crippen molar-refractivity contribution in [1.82, 2.24) is 4.98 Å². The fraction of sp³-hybridized carbons (Fsp3) is 0.148. The summed E-state index contributed by atoms with van der Waals surface area (Å²) in [6.45, 7) is 2.43. The Hall–Kier alpha value is -3.69. The number of rotatable bonds is 6. The molecule has 5 rings (SSSR count). The Morgan fingerprint density at radius 2 is 1.83 bits per heavy atom. The lowest BCUT2D eigenvalue weighted by Gasteiger charge is -2.23. The van der Waals surface area contributed by atoms with Crippen LogP contribution in [0.3, 0.4) is 0 Å². The topological polar surface area (TPSA) is 89.0 Å². The number of fused-ring (bicyclic) bond motifs is 1. The number of aliphatic hydroxyl groups excluding tert-OH is 1. The smallest absolute Gasteiger partial charge is 0.301 e. The average Bonchev–Trinajstić information content (AvgIpc) is 3.41. The Morgan fingerprint density at radius 3 is 2.53 bits per heavy atom. The van der Waals surface area contributed by atoms with Crippen LogP contribution in [0.5, 0.6) is 11.5 Å². The second-order valence-electron chi connectivity index (χ2n) is 8.01. The van der Waals surface area contributed by atoms with Gasteiger partial charge < -0.3 is 14.6 Å². The van der Waals surface area contributed by atoms with Gasteiger partial charge in [-0.15, -0.1) is 0 Å². The summed E-state index contributed by atoms with van der Waals surface area (Å²) in [6.07, 6.45) is 0. The SMILES string of the molecule is CCOc1ccc2nc(N3C(=O)C(=O)/C(=C(/O)c4ccc(OC)cc4)C3c3cccc(Br)c3)sc2c1. The lowest BCUT2D eigenvalue weighted by molar-refractivity contribution is -0.132. The average molecular weight is 565 g/mol. The second-order valence-corrected chi connectivity index (χ2v) is 9.94. The summed E-state index contributed by atoms with van der Waals surface area (Å²) in [5, 5.41) is 11.6. The maximum atomic E-state index is 13.4. The molecule has 0 spiro atoms. The minimum atomic E-state index is -0.864. The van der Waals surface area contributed by atoms with E-state index in [4.69, 9.17) is 9.47 Å². The summed E-state index contributed by atoms with van der Waals surface area (Å²) in [5.74, 6) is -0.480. The van der Waals surface area contributed by atoms with E-state index in [1.807, 2.05) is 49.4 Å². The molecule has 1 aliphatic rings. The summed E-state index contributed by atoms with van der Waals surface area (Å²) >= 11 is 4.76. The van der Waals surface area contributed by atoms with Crippen LogP contribution in [0, 0.1) is 0 Å². The first-order valence-electron chi connectivity index (χ1n) is 11.2. The molecule has 3 aromatic carbocycles. The Morgan fingerprint density at radius 1 is 1.08 bits per heavy atom. The predicted octanol–water partition coefficient (Wildman–Crippen LogP) is 6.09. The van der Waals surface area contributed by atoms with Crippen LogP contribution in [0.1, 0.15) is 24.1 Å². The van der Waals surface area contributed by atoms with Gasteiger partial charge >= 0.3 is 5.91 Å². The fourth-order valence-electron chi connectivity index (χ4n) is 4.18. The lowest BCUT2D eigenvalue weighted by atomic mass is 9.95. The molecular formula is C27H21BrN2O5S. The van der Waals surface area contributed by atoms with Crippen molar-refractivity contribution in [3.63, 3.8) is 0 Å². The standard InChI is InChI=1S/C27H21BrN2O5S/c1-3-35-19-11-12-20-21(14-19)36-27(29-20)30-23(16-5-4-6-17(28)13-16)22(25(32)26(30)33)24(31)15-7-9-18(34-2)10-8-15/h4-14,23,31H,3H2,1-2H3/b24-22+. The van der Waals surface area contributed by atoms with Gasteiger partial charge in [0.25, 0.3) is 5.78 Å². The van der Waals surface area contributed by atoms with Crippen LogP contribution >= 0.6 is 27.3 Å². The van der Waals surface area contributed by atoms with E-state index in [1.54, 1.807) is 31.4 Å². The number of benzene rings is 3. The van der Waals surface area contributed by atoms with E-state index >= 15 is 0 Å². The first-order chi connectivity index (χ1) is 17.4. The third kappa shape index (κ3) is 4.25. The highest BCUT2D eigenvalue weighted by Crippen LogP contribution is 2.45. The molecule has 1 aliphatic heterocycles. The van der Waals surface area contributed by atoms with Gasteiger partial charge in [0.05, 0.1) is 35.5 Å². The van der Waals surface area contributed by atoms with E-state index < -0.39 is 17.7 Å². The van der Waals surface area contributed by atoms with Crippen LogP contribution in [-0.4, -0.2) is 35.5 Å². The Bertz CT molecular complexity index is 1510. The predicted molar refractivity (Wildman–Crippen MR) is 143 cm³/mol. The van der Waals surface area contributed by atoms with Crippen LogP contribution in [-0.2, 0) is 9.59 Å². The Labute approximate surface area is 219 Å². The molecular weight excluding hydrogens is 544 g/mol. The number of thiazole rings is 1. The molecule has 0 bridgehead atoms. The van der Waals surface area contributed by atoms with Crippen molar-refractivity contribution >= 4 is 60.1 Å². The molecule has 1 aromatic heterocycles. The number of nitrogens with zero attached hydrogens (tertiary/aromatic N) is 2. The summed E-state index contributed by atoms with van der Waals surface area (Å²) in [4.78, 5) is 32.8. The molecule has 1 N–H and O–H groups in total. The number of aliphatic hydroxyl groups is 1. The highest BCUT2D eigenvalue weighted by molar-refractivity contribution is 9.10. The van der Waals surface area contributed by atoms with Gasteiger partial charge in [0.15, 0.2) is 5.13 Å². The molecule has 1 amide bonds. The monoisotopic (exact) mass is 564 g/mol. The molecule has 0 saturated carbocycles. The van der Waals surface area contributed by atoms with Crippen molar-refractivity contribution < 1.29 is 24.2 Å². The van der Waals surface area contributed by atoms with E-state index in [0.717, 1.165) is 9.17 Å². The first kappa shape index (κ1) is 24.0. The van der Waals surface area contributed by atoms with Crippen molar-refractivity contribution in [2.24, 2.45) is 0 Å². The summed E-state index contributed by atoms with van der Waals surface area (Å²) < 4.78 is 12.4. The number of carbonyl (C=O) groups excluding carboxylic acids is 2. The molecule has 0 aliphatic carbocycles. The van der Waals surface area contributed by atoms with Crippen LogP contribution < -0.4 is 14.4 Å². The molecule has 1 fully saturated rings. The van der Waals surface area contributed by atoms with Gasteiger partial charge in [-0.2, -0.15) is 0 Å². The molecule has 0 radical (unpaired) electrons. The normalized spacial score (nSPS) is 17.1. The first-order valence-corrected chi connectivity index (χ1v) is 12.8. The Kier molecular flexibility index (Phi) is 6.51. The molecule has 182 valence electrons. The minimum Gasteiger partial charge on any atom is -0.507 e. The lowest BCUT2D eigenvalue weighted by Crippen LogP contribution is -2.29. The van der Waals surface area contributed by atoms with Gasteiger partial charge in [-0.05, 0) is 67.1 Å². The molecule has 9 heteroatoms. The van der Waals surface area contributed by atoms with Gasteiger partial charge in [0.1, 0.15) is 17.3 Å². The number of halogens is 1. The number of methoxy groups -OCH3 is 1. The maximum Gasteiger partial charge on any atom is 0.301 e. The highest BCUT2D eigenvalue weighted by atomic mass is 79.9. The molecule has 36 heavy (non-hydrogen) atoms. The van der Waals surface area contributed by atoms with E-state index in [9.17, 15) is 14.7 Å². The van der Waals surface area contributed by atoms with E-state index in [0.29, 0.717) is 39.9 Å². The minimum absolute atomic E-state index is 0.00229. The van der Waals surface area contributed by atoms with Crippen LogP contribution in [0.2, 0.25) is 0 Å². The van der Waals surface area contributed by atoms with Crippen molar-refractivity contribution in [1.29, 1.82) is 0 Å². The van der Waals surface area contributed by atoms with Gasteiger partial charge in [-0.25, -0.2) is 4.98 Å². The number of amides is 1. The molecule has 1 atom stereocenters. The third-order valence-corrected chi connectivity index (χ3v) is 7.35. The van der Waals surface area contributed by atoms with Crippen LogP contribution in [0.25, 0.3) is 16.0 Å². The number of ketones is 1. The van der Waals surface area contributed by atoms with Crippen molar-refractivity contribution in [2.75, 3.05) is 18.6 Å². The van der Waals surface area contributed by atoms with Gasteiger partial charge in [-0.3, -0.25) is 14.5 Å². The van der Waals surface area contributed by atoms with Crippen LogP contribution in [0.4, 0.5) is 5.13 Å². The number of Topliss-reactive ketones (excluding diaryl/α,β-unsaturated/α-hetero) is 1. The summed E-state index contributed by atoms with van der Waals surface area (Å²) in [6, 6.07) is 18.6. The third-order valence-electron chi connectivity index (χ3n) is 5.84. The maximum absolute atomic E-state index is 13.4. The van der Waals surface area contributed by atoms with E-state index in [2.05, 4.69) is 20.9 Å². The Balaban J connectivity index is 1.68. The zero-order chi connectivity index (χ0) is 25.4. The highest BCUT2D eigenvalue weighted by Gasteiger charge is 2.48. The van der Waals surface area contributed by atoms with Gasteiger partial charge in [0.2, 0.25) is 0 Å². The number of hydrogen-bond donors (Lipinski definition) is 1. The summed E-state index contributed by atoms with van der Waals surface area (Å²) in [7, 11) is 1.54. The van der Waals surface area contributed by atoms with Gasteiger partial charge in [0, 0.05) is 10.0 Å². The molecule has 1 saturated heterocycles. The molecule has 1 unspecified atom stereocenters. The van der Waals surface area contributed by atoms with Crippen molar-refractivity contribution in [2.45, 2.75) is 13.0 Å². The zero-order valence-corrected chi connectivity index (χ0v) is 21.8. The van der Waals surface area contributed by atoms with Crippen molar-refractivity contribution in [3.05, 3.63) is 87.9 Å².